The molecule has 2 rings (SSSR count). The van der Waals surface area contributed by atoms with Crippen molar-refractivity contribution in [2.24, 2.45) is 5.92 Å². The number of nitrogens with one attached hydrogen (secondary N) is 2. The number of hydrogen-bond donors (Lipinski definition) is 2. The van der Waals surface area contributed by atoms with Gasteiger partial charge in [-0.05, 0) is 37.5 Å². The second-order valence-corrected chi connectivity index (χ2v) is 5.30. The van der Waals surface area contributed by atoms with E-state index in [4.69, 9.17) is 4.74 Å². The Hall–Kier alpha value is -2.37. The molecule has 0 aliphatic heterocycles. The zero-order valence-electron chi connectivity index (χ0n) is 12.6. The van der Waals surface area contributed by atoms with Gasteiger partial charge in [-0.25, -0.2) is 0 Å². The monoisotopic (exact) mass is 304 g/mol. The molecule has 0 spiro atoms. The van der Waals surface area contributed by atoms with Crippen molar-refractivity contribution >= 4 is 17.8 Å². The molecule has 1 saturated carbocycles. The third kappa shape index (κ3) is 5.20. The van der Waals surface area contributed by atoms with Crippen molar-refractivity contribution in [2.45, 2.75) is 26.2 Å². The van der Waals surface area contributed by atoms with E-state index >= 15 is 0 Å². The molecule has 6 heteroatoms. The molecule has 118 valence electrons. The van der Waals surface area contributed by atoms with Gasteiger partial charge in [-0.15, -0.1) is 0 Å². The first-order valence-corrected chi connectivity index (χ1v) is 7.40. The van der Waals surface area contributed by atoms with Gasteiger partial charge in [0.2, 0.25) is 5.91 Å². The standard InChI is InChI=1S/C16H20N2O4/c1-11(19)22-14-5-2-4-13(10-14)16(21)18-9-3-8-17-15(20)12-6-7-12/h2,4-5,10,12H,3,6-9H2,1H3,(H,17,20)(H,18,21). The molecule has 0 saturated heterocycles. The third-order valence-electron chi connectivity index (χ3n) is 3.24. The van der Waals surface area contributed by atoms with Crippen LogP contribution in [-0.2, 0) is 9.59 Å². The first-order chi connectivity index (χ1) is 10.6. The minimum Gasteiger partial charge on any atom is -0.427 e. The van der Waals surface area contributed by atoms with E-state index in [-0.39, 0.29) is 17.7 Å². The average Bonchev–Trinajstić information content (AvgIpc) is 3.30. The van der Waals surface area contributed by atoms with Crippen molar-refractivity contribution in [3.8, 4) is 5.75 Å². The van der Waals surface area contributed by atoms with Crippen LogP contribution >= 0.6 is 0 Å². The number of esters is 1. The summed E-state index contributed by atoms with van der Waals surface area (Å²) in [7, 11) is 0. The van der Waals surface area contributed by atoms with Gasteiger partial charge in [0.25, 0.3) is 5.91 Å². The molecule has 1 aromatic carbocycles. The maximum atomic E-state index is 12.0. The Morgan fingerprint density at radius 2 is 1.91 bits per heavy atom. The van der Waals surface area contributed by atoms with Gasteiger partial charge < -0.3 is 15.4 Å². The van der Waals surface area contributed by atoms with Crippen LogP contribution in [0.4, 0.5) is 0 Å². The predicted molar refractivity (Wildman–Crippen MR) is 80.4 cm³/mol. The summed E-state index contributed by atoms with van der Waals surface area (Å²) in [6, 6.07) is 6.44. The number of carbonyl (C=O) groups is 3. The summed E-state index contributed by atoms with van der Waals surface area (Å²) in [6.45, 7) is 2.34. The summed E-state index contributed by atoms with van der Waals surface area (Å²) in [5.74, 6) is 0.00217. The van der Waals surface area contributed by atoms with Crippen molar-refractivity contribution in [2.75, 3.05) is 13.1 Å². The molecule has 0 aromatic heterocycles. The van der Waals surface area contributed by atoms with Gasteiger partial charge in [0.15, 0.2) is 0 Å². The first-order valence-electron chi connectivity index (χ1n) is 7.40. The Morgan fingerprint density at radius 3 is 2.59 bits per heavy atom. The van der Waals surface area contributed by atoms with E-state index in [2.05, 4.69) is 10.6 Å². The van der Waals surface area contributed by atoms with Gasteiger partial charge in [-0.3, -0.25) is 14.4 Å². The van der Waals surface area contributed by atoms with E-state index in [0.29, 0.717) is 30.8 Å². The maximum absolute atomic E-state index is 12.0. The lowest BCUT2D eigenvalue weighted by atomic mass is 10.2. The molecule has 1 aliphatic carbocycles. The quantitative estimate of drug-likeness (QED) is 0.451. The summed E-state index contributed by atoms with van der Waals surface area (Å²) < 4.78 is 4.94. The molecule has 1 fully saturated rings. The number of carbonyl (C=O) groups excluding carboxylic acids is 3. The van der Waals surface area contributed by atoms with E-state index in [1.807, 2.05) is 0 Å². The van der Waals surface area contributed by atoms with Crippen LogP contribution < -0.4 is 15.4 Å². The summed E-state index contributed by atoms with van der Waals surface area (Å²) in [5, 5.41) is 5.61. The van der Waals surface area contributed by atoms with Gasteiger partial charge in [0.1, 0.15) is 5.75 Å². The zero-order valence-corrected chi connectivity index (χ0v) is 12.6. The second kappa shape index (κ2) is 7.59. The summed E-state index contributed by atoms with van der Waals surface area (Å²) in [5.41, 5.74) is 0.431. The van der Waals surface area contributed by atoms with Crippen LogP contribution in [0.2, 0.25) is 0 Å². The highest BCUT2D eigenvalue weighted by molar-refractivity contribution is 5.94. The van der Waals surface area contributed by atoms with Crippen molar-refractivity contribution in [3.63, 3.8) is 0 Å². The van der Waals surface area contributed by atoms with Crippen LogP contribution in [0, 0.1) is 5.92 Å². The Bertz CT molecular complexity index is 567. The number of benzene rings is 1. The van der Waals surface area contributed by atoms with Gasteiger partial charge in [0, 0.05) is 31.5 Å². The molecule has 0 bridgehead atoms. The largest absolute Gasteiger partial charge is 0.427 e. The van der Waals surface area contributed by atoms with E-state index in [1.165, 1.54) is 13.0 Å². The molecule has 0 atom stereocenters. The number of ether oxygens (including phenoxy) is 1. The van der Waals surface area contributed by atoms with E-state index in [0.717, 1.165) is 12.8 Å². The van der Waals surface area contributed by atoms with E-state index < -0.39 is 5.97 Å². The summed E-state index contributed by atoms with van der Waals surface area (Å²) >= 11 is 0. The SMILES string of the molecule is CC(=O)Oc1cccc(C(=O)NCCCNC(=O)C2CC2)c1. The predicted octanol–water partition coefficient (Wildman–Crippen LogP) is 1.26. The summed E-state index contributed by atoms with van der Waals surface area (Å²) in [6.07, 6.45) is 2.65. The number of hydrogen-bond acceptors (Lipinski definition) is 4. The molecule has 6 nitrogen and oxygen atoms in total. The molecule has 1 aliphatic rings. The van der Waals surface area contributed by atoms with Gasteiger partial charge in [0.05, 0.1) is 0 Å². The van der Waals surface area contributed by atoms with Crippen LogP contribution in [0.1, 0.15) is 36.5 Å². The average molecular weight is 304 g/mol. The minimum atomic E-state index is -0.427. The smallest absolute Gasteiger partial charge is 0.308 e. The second-order valence-electron chi connectivity index (χ2n) is 5.30. The fraction of sp³-hybridized carbons (Fsp3) is 0.438. The molecular weight excluding hydrogens is 284 g/mol. The van der Waals surface area contributed by atoms with Crippen LogP contribution in [0.3, 0.4) is 0 Å². The van der Waals surface area contributed by atoms with Crippen molar-refractivity contribution in [1.29, 1.82) is 0 Å². The summed E-state index contributed by atoms with van der Waals surface area (Å²) in [4.78, 5) is 34.3. The van der Waals surface area contributed by atoms with Crippen LogP contribution in [0.15, 0.2) is 24.3 Å². The zero-order chi connectivity index (χ0) is 15.9. The van der Waals surface area contributed by atoms with Crippen LogP contribution in [0.25, 0.3) is 0 Å². The fourth-order valence-corrected chi connectivity index (χ4v) is 1.96. The minimum absolute atomic E-state index is 0.111. The lowest BCUT2D eigenvalue weighted by Gasteiger charge is -2.07. The highest BCUT2D eigenvalue weighted by Crippen LogP contribution is 2.28. The van der Waals surface area contributed by atoms with Gasteiger partial charge in [-0.2, -0.15) is 0 Å². The van der Waals surface area contributed by atoms with Crippen molar-refractivity contribution in [1.82, 2.24) is 10.6 Å². The Labute approximate surface area is 129 Å². The Balaban J connectivity index is 1.70. The fourth-order valence-electron chi connectivity index (χ4n) is 1.96. The molecule has 22 heavy (non-hydrogen) atoms. The van der Waals surface area contributed by atoms with Gasteiger partial charge >= 0.3 is 5.97 Å². The Kier molecular flexibility index (Phi) is 5.52. The third-order valence-corrected chi connectivity index (χ3v) is 3.24. The topological polar surface area (TPSA) is 84.5 Å². The van der Waals surface area contributed by atoms with Crippen LogP contribution in [0.5, 0.6) is 5.75 Å². The Morgan fingerprint density at radius 1 is 1.18 bits per heavy atom. The van der Waals surface area contributed by atoms with E-state index in [1.54, 1.807) is 18.2 Å². The normalized spacial score (nSPS) is 13.3. The van der Waals surface area contributed by atoms with Crippen molar-refractivity contribution < 1.29 is 19.1 Å². The highest BCUT2D eigenvalue weighted by Gasteiger charge is 2.28. The van der Waals surface area contributed by atoms with E-state index in [9.17, 15) is 14.4 Å². The highest BCUT2D eigenvalue weighted by atomic mass is 16.5. The molecule has 0 radical (unpaired) electrons. The number of amides is 2. The van der Waals surface area contributed by atoms with Crippen molar-refractivity contribution in [3.05, 3.63) is 29.8 Å². The van der Waals surface area contributed by atoms with Crippen LogP contribution in [-0.4, -0.2) is 30.9 Å². The lowest BCUT2D eigenvalue weighted by molar-refractivity contribution is -0.131. The maximum Gasteiger partial charge on any atom is 0.308 e. The molecule has 2 amide bonds. The number of rotatable bonds is 7. The first kappa shape index (κ1) is 16.0. The molecule has 0 unspecified atom stereocenters. The molecule has 1 aromatic rings. The lowest BCUT2D eigenvalue weighted by Crippen LogP contribution is -2.30. The molecule has 0 heterocycles. The van der Waals surface area contributed by atoms with Gasteiger partial charge in [-0.1, -0.05) is 6.07 Å². The molecule has 2 N–H and O–H groups in total. The molecular formula is C16H20N2O4.